The summed E-state index contributed by atoms with van der Waals surface area (Å²) < 4.78 is 7.65. The van der Waals surface area contributed by atoms with Crippen molar-refractivity contribution in [3.63, 3.8) is 0 Å². The second-order valence-corrected chi connectivity index (χ2v) is 10.0. The second-order valence-electron chi connectivity index (χ2n) is 9.24. The molecule has 4 aromatic rings. The van der Waals surface area contributed by atoms with Crippen LogP contribution in [0.4, 0.5) is 23.1 Å². The monoisotopic (exact) mass is 490 g/mol. The first-order valence-corrected chi connectivity index (χ1v) is 13.1. The van der Waals surface area contributed by atoms with Crippen LogP contribution >= 0.6 is 11.3 Å². The maximum Gasteiger partial charge on any atom is 0.224 e. The number of imidazole rings is 1. The molecule has 9 nitrogen and oxygen atoms in total. The lowest BCUT2D eigenvalue weighted by molar-refractivity contribution is 0.122. The summed E-state index contributed by atoms with van der Waals surface area (Å²) >= 11 is 1.67. The zero-order chi connectivity index (χ0) is 23.8. The predicted molar refractivity (Wildman–Crippen MR) is 141 cm³/mol. The number of thiophene rings is 1. The van der Waals surface area contributed by atoms with Gasteiger partial charge < -0.3 is 25.6 Å². The number of hydrogen-bond acceptors (Lipinski definition) is 9. The number of benzene rings is 1. The van der Waals surface area contributed by atoms with Crippen molar-refractivity contribution in [3.05, 3.63) is 46.9 Å². The van der Waals surface area contributed by atoms with Crippen LogP contribution < -0.4 is 16.0 Å². The molecule has 2 fully saturated rings. The molecule has 0 radical (unpaired) electrons. The van der Waals surface area contributed by atoms with E-state index in [1.165, 1.54) is 5.69 Å². The third-order valence-corrected chi connectivity index (χ3v) is 7.58. The van der Waals surface area contributed by atoms with Crippen LogP contribution in [0.5, 0.6) is 0 Å². The van der Waals surface area contributed by atoms with Gasteiger partial charge in [-0.25, -0.2) is 4.98 Å². The molecule has 3 N–H and O–H groups in total. The Balaban J connectivity index is 1.37. The van der Waals surface area contributed by atoms with E-state index < -0.39 is 0 Å². The number of likely N-dealkylation sites (tertiary alicyclic amines) is 1. The fourth-order valence-electron chi connectivity index (χ4n) is 4.97. The minimum absolute atomic E-state index is 0.233. The van der Waals surface area contributed by atoms with Crippen LogP contribution in [0.1, 0.15) is 24.6 Å². The van der Waals surface area contributed by atoms with Gasteiger partial charge in [0.2, 0.25) is 5.95 Å². The molecule has 6 rings (SSSR count). The molecule has 2 aliphatic heterocycles. The van der Waals surface area contributed by atoms with Gasteiger partial charge in [-0.3, -0.25) is 4.57 Å². The Morgan fingerprint density at radius 3 is 2.46 bits per heavy atom. The third-order valence-electron chi connectivity index (χ3n) is 6.90. The molecule has 3 aromatic heterocycles. The number of nitrogen functional groups attached to an aromatic ring is 1. The van der Waals surface area contributed by atoms with Crippen LogP contribution in [-0.4, -0.2) is 70.9 Å². The van der Waals surface area contributed by atoms with Gasteiger partial charge in [0.05, 0.1) is 18.9 Å². The molecule has 182 valence electrons. The van der Waals surface area contributed by atoms with Crippen LogP contribution in [0.3, 0.4) is 0 Å². The molecule has 35 heavy (non-hydrogen) atoms. The first-order chi connectivity index (χ1) is 17.2. The molecule has 5 heterocycles. The largest absolute Gasteiger partial charge is 0.378 e. The van der Waals surface area contributed by atoms with Crippen LogP contribution in [0.15, 0.2) is 41.1 Å². The summed E-state index contributed by atoms with van der Waals surface area (Å²) in [6, 6.07) is 10.5. The number of ether oxygens (including phenoxy) is 1. The molecule has 0 amide bonds. The lowest BCUT2D eigenvalue weighted by Crippen LogP contribution is -2.36. The summed E-state index contributed by atoms with van der Waals surface area (Å²) in [7, 11) is 2.18. The van der Waals surface area contributed by atoms with Crippen molar-refractivity contribution >= 4 is 45.6 Å². The molecule has 0 aliphatic carbocycles. The molecule has 10 heteroatoms. The number of hydrogen-bond donors (Lipinski definition) is 2. The molecule has 0 atom stereocenters. The van der Waals surface area contributed by atoms with E-state index in [0.29, 0.717) is 11.7 Å². The van der Waals surface area contributed by atoms with Crippen molar-refractivity contribution in [2.24, 2.45) is 0 Å². The Bertz CT molecular complexity index is 1290. The fraction of sp³-hybridized carbons (Fsp3) is 0.400. The standard InChI is InChI=1S/C25H30N8OS/c1-31-9-6-17(7-10-31)23-28-21-22(29-25(26)30-24(21)33(23)20-8-15-35-16-20)27-18-2-4-19(5-3-18)32-11-13-34-14-12-32/h2-5,8,15-17H,6-7,9-14H2,1H3,(H3,26,27,29,30). The summed E-state index contributed by atoms with van der Waals surface area (Å²) in [4.78, 5) is 19.0. The van der Waals surface area contributed by atoms with Crippen molar-refractivity contribution in [2.75, 3.05) is 62.4 Å². The molecular weight excluding hydrogens is 460 g/mol. The smallest absolute Gasteiger partial charge is 0.224 e. The molecule has 2 aliphatic rings. The zero-order valence-corrected chi connectivity index (χ0v) is 20.7. The lowest BCUT2D eigenvalue weighted by Gasteiger charge is -2.28. The number of anilines is 4. The number of nitrogens with zero attached hydrogens (tertiary/aromatic N) is 6. The predicted octanol–water partition coefficient (Wildman–Crippen LogP) is 3.85. The van der Waals surface area contributed by atoms with Crippen LogP contribution in [0.25, 0.3) is 16.9 Å². The van der Waals surface area contributed by atoms with Gasteiger partial charge in [0.15, 0.2) is 17.0 Å². The Labute approximate surface area is 208 Å². The highest BCUT2D eigenvalue weighted by Crippen LogP contribution is 2.35. The van der Waals surface area contributed by atoms with Crippen molar-refractivity contribution in [1.29, 1.82) is 0 Å². The minimum atomic E-state index is 0.233. The Kier molecular flexibility index (Phi) is 6.01. The maximum absolute atomic E-state index is 6.20. The first-order valence-electron chi connectivity index (χ1n) is 12.1. The molecule has 0 bridgehead atoms. The van der Waals surface area contributed by atoms with Crippen molar-refractivity contribution < 1.29 is 4.74 Å². The molecule has 2 saturated heterocycles. The Hall–Kier alpha value is -3.21. The van der Waals surface area contributed by atoms with Crippen molar-refractivity contribution in [2.45, 2.75) is 18.8 Å². The van der Waals surface area contributed by atoms with E-state index in [1.54, 1.807) is 11.3 Å². The van der Waals surface area contributed by atoms with Gasteiger partial charge in [-0.1, -0.05) is 0 Å². The van der Waals surface area contributed by atoms with E-state index in [4.69, 9.17) is 15.5 Å². The number of piperidine rings is 1. The van der Waals surface area contributed by atoms with Crippen molar-refractivity contribution in [3.8, 4) is 5.69 Å². The normalized spacial score (nSPS) is 17.8. The first kappa shape index (κ1) is 22.3. The van der Waals surface area contributed by atoms with E-state index in [-0.39, 0.29) is 5.95 Å². The molecule has 0 saturated carbocycles. The number of nitrogens with two attached hydrogens (primary N) is 1. The van der Waals surface area contributed by atoms with Gasteiger partial charge in [-0.2, -0.15) is 21.3 Å². The van der Waals surface area contributed by atoms with Gasteiger partial charge in [-0.05, 0) is 68.7 Å². The number of nitrogens with one attached hydrogen (secondary N) is 1. The second kappa shape index (κ2) is 9.44. The molecule has 1 aromatic carbocycles. The average Bonchev–Trinajstić information content (AvgIpc) is 3.54. The summed E-state index contributed by atoms with van der Waals surface area (Å²) in [6.45, 7) is 5.48. The highest BCUT2D eigenvalue weighted by molar-refractivity contribution is 7.08. The number of morpholine rings is 1. The SMILES string of the molecule is CN1CCC(c2nc3c(Nc4ccc(N5CCOCC5)cc4)nc(N)nc3n2-c2ccsc2)CC1. The topological polar surface area (TPSA) is 97.4 Å². The quantitative estimate of drug-likeness (QED) is 0.435. The van der Waals surface area contributed by atoms with Crippen LogP contribution in [-0.2, 0) is 4.74 Å². The van der Waals surface area contributed by atoms with Crippen LogP contribution in [0, 0.1) is 0 Å². The minimum Gasteiger partial charge on any atom is -0.378 e. The Morgan fingerprint density at radius 1 is 0.971 bits per heavy atom. The van der Waals surface area contributed by atoms with E-state index >= 15 is 0 Å². The number of rotatable bonds is 5. The zero-order valence-electron chi connectivity index (χ0n) is 19.9. The van der Waals surface area contributed by atoms with E-state index in [0.717, 1.165) is 80.6 Å². The van der Waals surface area contributed by atoms with Gasteiger partial charge in [0.1, 0.15) is 5.82 Å². The average molecular weight is 491 g/mol. The van der Waals surface area contributed by atoms with Gasteiger partial charge in [0.25, 0.3) is 0 Å². The summed E-state index contributed by atoms with van der Waals surface area (Å²) in [5, 5.41) is 7.67. The van der Waals surface area contributed by atoms with Gasteiger partial charge in [-0.15, -0.1) is 0 Å². The maximum atomic E-state index is 6.20. The van der Waals surface area contributed by atoms with Crippen molar-refractivity contribution in [1.82, 2.24) is 24.4 Å². The number of fused-ring (bicyclic) bond motifs is 1. The molecular formula is C25H30N8OS. The highest BCUT2D eigenvalue weighted by Gasteiger charge is 2.27. The summed E-state index contributed by atoms with van der Waals surface area (Å²) in [5.41, 5.74) is 10.9. The van der Waals surface area contributed by atoms with Crippen LogP contribution in [0.2, 0.25) is 0 Å². The molecule has 0 unspecified atom stereocenters. The van der Waals surface area contributed by atoms with Gasteiger partial charge in [0, 0.05) is 35.8 Å². The fourth-order valence-corrected chi connectivity index (χ4v) is 5.59. The lowest BCUT2D eigenvalue weighted by atomic mass is 9.96. The highest BCUT2D eigenvalue weighted by atomic mass is 32.1. The number of aromatic nitrogens is 4. The summed E-state index contributed by atoms with van der Waals surface area (Å²) in [5.74, 6) is 2.27. The van der Waals surface area contributed by atoms with Gasteiger partial charge >= 0.3 is 0 Å². The Morgan fingerprint density at radius 2 is 1.74 bits per heavy atom. The van der Waals surface area contributed by atoms with E-state index in [9.17, 15) is 0 Å². The van der Waals surface area contributed by atoms with E-state index in [2.05, 4.69) is 77.8 Å². The van der Waals surface area contributed by atoms with E-state index in [1.807, 2.05) is 0 Å². The third kappa shape index (κ3) is 4.44. The molecule has 0 spiro atoms. The summed E-state index contributed by atoms with van der Waals surface area (Å²) in [6.07, 6.45) is 2.14.